The van der Waals surface area contributed by atoms with Crippen LogP contribution in [0.25, 0.3) is 5.69 Å². The average Bonchev–Trinajstić information content (AvgIpc) is 3.09. The van der Waals surface area contributed by atoms with Gasteiger partial charge < -0.3 is 10.6 Å². The fraction of sp³-hybridized carbons (Fsp3) is 0.0588. The van der Waals surface area contributed by atoms with Gasteiger partial charge in [-0.25, -0.2) is 9.48 Å². The molecule has 3 rings (SSSR count). The molecule has 128 valence electrons. The van der Waals surface area contributed by atoms with Crippen LogP contribution < -0.4 is 10.6 Å². The number of carbonyl (C=O) groups excluding carboxylic acids is 1. The molecule has 0 spiro atoms. The van der Waals surface area contributed by atoms with Crippen LogP contribution >= 0.6 is 0 Å². The number of carbonyl (C=O) groups is 1. The van der Waals surface area contributed by atoms with Crippen LogP contribution in [0.15, 0.2) is 67.0 Å². The molecule has 2 aromatic carbocycles. The van der Waals surface area contributed by atoms with E-state index in [9.17, 15) is 18.0 Å². The standard InChI is InChI=1S/C17H13F3N4O/c18-17(19,20)14-4-1-2-5-15(14)23-16(25)22-12-6-8-13(9-7-12)24-11-3-10-21-24/h1-11H,(H2,22,23,25). The molecule has 2 amide bonds. The van der Waals surface area contributed by atoms with Crippen LogP contribution in [0.2, 0.25) is 0 Å². The van der Waals surface area contributed by atoms with Crippen LogP contribution in [0.3, 0.4) is 0 Å². The number of nitrogens with zero attached hydrogens (tertiary/aromatic N) is 2. The highest BCUT2D eigenvalue weighted by Crippen LogP contribution is 2.34. The Bertz CT molecular complexity index is 858. The van der Waals surface area contributed by atoms with Gasteiger partial charge >= 0.3 is 12.2 Å². The third-order valence-corrected chi connectivity index (χ3v) is 3.37. The van der Waals surface area contributed by atoms with E-state index in [0.717, 1.165) is 11.8 Å². The summed E-state index contributed by atoms with van der Waals surface area (Å²) in [6, 6.07) is 12.5. The van der Waals surface area contributed by atoms with Crippen LogP contribution in [-0.4, -0.2) is 15.8 Å². The van der Waals surface area contributed by atoms with E-state index in [1.807, 2.05) is 0 Å². The molecule has 0 atom stereocenters. The predicted molar refractivity (Wildman–Crippen MR) is 87.6 cm³/mol. The van der Waals surface area contributed by atoms with Gasteiger partial charge in [0.25, 0.3) is 0 Å². The lowest BCUT2D eigenvalue weighted by Crippen LogP contribution is -2.21. The summed E-state index contributed by atoms with van der Waals surface area (Å²) in [6.07, 6.45) is -1.14. The molecule has 0 radical (unpaired) electrons. The van der Waals surface area contributed by atoms with Gasteiger partial charge in [-0.05, 0) is 42.5 Å². The number of rotatable bonds is 3. The van der Waals surface area contributed by atoms with Gasteiger partial charge in [-0.1, -0.05) is 12.1 Å². The molecule has 5 nitrogen and oxygen atoms in total. The number of anilines is 2. The highest BCUT2D eigenvalue weighted by molar-refractivity contribution is 6.00. The first-order valence-corrected chi connectivity index (χ1v) is 7.28. The average molecular weight is 346 g/mol. The quantitative estimate of drug-likeness (QED) is 0.732. The van der Waals surface area contributed by atoms with Gasteiger partial charge in [-0.2, -0.15) is 18.3 Å². The maximum Gasteiger partial charge on any atom is 0.418 e. The summed E-state index contributed by atoms with van der Waals surface area (Å²) < 4.78 is 40.4. The van der Waals surface area contributed by atoms with E-state index in [0.29, 0.717) is 5.69 Å². The summed E-state index contributed by atoms with van der Waals surface area (Å²) in [4.78, 5) is 12.0. The maximum atomic E-state index is 12.9. The molecule has 1 aromatic heterocycles. The molecule has 0 unspecified atom stereocenters. The van der Waals surface area contributed by atoms with Crippen molar-refractivity contribution in [2.45, 2.75) is 6.18 Å². The SMILES string of the molecule is O=C(Nc1ccc(-n2cccn2)cc1)Nc1ccccc1C(F)(F)F. The summed E-state index contributed by atoms with van der Waals surface area (Å²) in [5.41, 5.74) is 0.0242. The van der Waals surface area contributed by atoms with Gasteiger partial charge in [0.15, 0.2) is 0 Å². The summed E-state index contributed by atoms with van der Waals surface area (Å²) >= 11 is 0. The molecule has 0 aliphatic rings. The number of para-hydroxylation sites is 1. The molecule has 0 saturated carbocycles. The van der Waals surface area contributed by atoms with Crippen molar-refractivity contribution in [3.05, 3.63) is 72.6 Å². The van der Waals surface area contributed by atoms with Crippen molar-refractivity contribution in [3.8, 4) is 5.69 Å². The van der Waals surface area contributed by atoms with E-state index in [-0.39, 0.29) is 5.69 Å². The lowest BCUT2D eigenvalue weighted by atomic mass is 10.1. The van der Waals surface area contributed by atoms with E-state index >= 15 is 0 Å². The summed E-state index contributed by atoms with van der Waals surface area (Å²) in [6.45, 7) is 0. The van der Waals surface area contributed by atoms with Gasteiger partial charge in [0.2, 0.25) is 0 Å². The maximum absolute atomic E-state index is 12.9. The molecule has 2 N–H and O–H groups in total. The lowest BCUT2D eigenvalue weighted by Gasteiger charge is -2.14. The number of hydrogen-bond donors (Lipinski definition) is 2. The molecule has 0 bridgehead atoms. The minimum atomic E-state index is -4.55. The summed E-state index contributed by atoms with van der Waals surface area (Å²) in [7, 11) is 0. The highest BCUT2D eigenvalue weighted by atomic mass is 19.4. The number of amides is 2. The molecule has 0 aliphatic heterocycles. The van der Waals surface area contributed by atoms with Gasteiger partial charge in [-0.3, -0.25) is 0 Å². The normalized spacial score (nSPS) is 11.2. The van der Waals surface area contributed by atoms with E-state index in [1.54, 1.807) is 47.4 Å². The first kappa shape index (κ1) is 16.6. The Morgan fingerprint density at radius 2 is 1.68 bits per heavy atom. The zero-order chi connectivity index (χ0) is 17.9. The van der Waals surface area contributed by atoms with Crippen molar-refractivity contribution in [1.82, 2.24) is 9.78 Å². The molecular formula is C17H13F3N4O. The first-order chi connectivity index (χ1) is 11.9. The number of alkyl halides is 3. The highest BCUT2D eigenvalue weighted by Gasteiger charge is 2.33. The fourth-order valence-corrected chi connectivity index (χ4v) is 2.24. The van der Waals surface area contributed by atoms with Crippen molar-refractivity contribution in [1.29, 1.82) is 0 Å². The smallest absolute Gasteiger partial charge is 0.308 e. The van der Waals surface area contributed by atoms with E-state index in [2.05, 4.69) is 15.7 Å². The predicted octanol–water partition coefficient (Wildman–Crippen LogP) is 4.54. The second kappa shape index (κ2) is 6.68. The monoisotopic (exact) mass is 346 g/mol. The van der Waals surface area contributed by atoms with Gasteiger partial charge in [0.05, 0.1) is 16.9 Å². The molecular weight excluding hydrogens is 333 g/mol. The Hall–Kier alpha value is -3.29. The number of hydrogen-bond acceptors (Lipinski definition) is 2. The van der Waals surface area contributed by atoms with Crippen molar-refractivity contribution in [2.75, 3.05) is 10.6 Å². The van der Waals surface area contributed by atoms with Crippen molar-refractivity contribution >= 4 is 17.4 Å². The van der Waals surface area contributed by atoms with Crippen LogP contribution in [0.5, 0.6) is 0 Å². The molecule has 8 heteroatoms. The molecule has 3 aromatic rings. The molecule has 0 saturated heterocycles. The largest absolute Gasteiger partial charge is 0.418 e. The topological polar surface area (TPSA) is 59.0 Å². The van der Waals surface area contributed by atoms with Gasteiger partial charge in [0, 0.05) is 18.1 Å². The molecule has 0 fully saturated rings. The Balaban J connectivity index is 1.69. The fourth-order valence-electron chi connectivity index (χ4n) is 2.24. The lowest BCUT2D eigenvalue weighted by molar-refractivity contribution is -0.136. The van der Waals surface area contributed by atoms with Crippen molar-refractivity contribution in [2.24, 2.45) is 0 Å². The second-order valence-electron chi connectivity index (χ2n) is 5.12. The minimum absolute atomic E-state index is 0.305. The van der Waals surface area contributed by atoms with E-state index in [1.165, 1.54) is 18.2 Å². The Kier molecular flexibility index (Phi) is 4.42. The van der Waals surface area contributed by atoms with Crippen LogP contribution in [0, 0.1) is 0 Å². The van der Waals surface area contributed by atoms with Crippen molar-refractivity contribution < 1.29 is 18.0 Å². The Labute approximate surface area is 141 Å². The number of nitrogens with one attached hydrogen (secondary N) is 2. The molecule has 25 heavy (non-hydrogen) atoms. The summed E-state index contributed by atoms with van der Waals surface area (Å²) in [5.74, 6) is 0. The zero-order valence-electron chi connectivity index (χ0n) is 12.8. The third-order valence-electron chi connectivity index (χ3n) is 3.37. The van der Waals surface area contributed by atoms with Gasteiger partial charge in [0.1, 0.15) is 0 Å². The number of halogens is 3. The second-order valence-corrected chi connectivity index (χ2v) is 5.12. The Morgan fingerprint density at radius 3 is 2.32 bits per heavy atom. The Morgan fingerprint density at radius 1 is 0.960 bits per heavy atom. The van der Waals surface area contributed by atoms with Crippen LogP contribution in [0.1, 0.15) is 5.56 Å². The first-order valence-electron chi connectivity index (χ1n) is 7.28. The minimum Gasteiger partial charge on any atom is -0.308 e. The van der Waals surface area contributed by atoms with Crippen LogP contribution in [-0.2, 0) is 6.18 Å². The van der Waals surface area contributed by atoms with Crippen molar-refractivity contribution in [3.63, 3.8) is 0 Å². The molecule has 1 heterocycles. The number of benzene rings is 2. The number of aromatic nitrogens is 2. The van der Waals surface area contributed by atoms with Crippen LogP contribution in [0.4, 0.5) is 29.3 Å². The van der Waals surface area contributed by atoms with E-state index in [4.69, 9.17) is 0 Å². The zero-order valence-corrected chi connectivity index (χ0v) is 12.8. The number of urea groups is 1. The third kappa shape index (κ3) is 3.97. The molecule has 0 aliphatic carbocycles. The van der Waals surface area contributed by atoms with E-state index < -0.39 is 17.8 Å². The summed E-state index contributed by atoms with van der Waals surface area (Å²) in [5, 5.41) is 8.79. The van der Waals surface area contributed by atoms with Gasteiger partial charge in [-0.15, -0.1) is 0 Å².